The summed E-state index contributed by atoms with van der Waals surface area (Å²) in [5.41, 5.74) is 1.12. The van der Waals surface area contributed by atoms with Crippen LogP contribution in [-0.4, -0.2) is 33.6 Å². The van der Waals surface area contributed by atoms with E-state index in [-0.39, 0.29) is 18.1 Å². The minimum Gasteiger partial charge on any atom is -0.490 e. The lowest BCUT2D eigenvalue weighted by atomic mass is 10.2. The number of aryl methyl sites for hydroxylation is 1. The van der Waals surface area contributed by atoms with Crippen LogP contribution in [0.1, 0.15) is 12.5 Å². The van der Waals surface area contributed by atoms with Crippen molar-refractivity contribution in [2.75, 3.05) is 13.2 Å². The van der Waals surface area contributed by atoms with Gasteiger partial charge in [-0.1, -0.05) is 29.3 Å². The molecule has 0 aromatic heterocycles. The zero-order valence-electron chi connectivity index (χ0n) is 14.4. The van der Waals surface area contributed by atoms with Crippen molar-refractivity contribution < 1.29 is 22.7 Å². The van der Waals surface area contributed by atoms with Gasteiger partial charge in [0.05, 0.1) is 4.90 Å². The second-order valence-corrected chi connectivity index (χ2v) is 7.78. The molecule has 140 valence electrons. The predicted octanol–water partition coefficient (Wildman–Crippen LogP) is 2.94. The van der Waals surface area contributed by atoms with Crippen LogP contribution in [-0.2, 0) is 19.6 Å². The molecule has 6 nitrogen and oxygen atoms in total. The number of benzene rings is 2. The molecule has 0 saturated carbocycles. The number of hydrogen-bond donors (Lipinski definition) is 1. The first-order valence-corrected chi connectivity index (χ1v) is 9.78. The van der Waals surface area contributed by atoms with Crippen LogP contribution in [0.15, 0.2) is 53.4 Å². The maximum Gasteiger partial charge on any atom is 0.324 e. The summed E-state index contributed by atoms with van der Waals surface area (Å²) in [6, 6.07) is 12.1. The van der Waals surface area contributed by atoms with E-state index in [0.717, 1.165) is 5.56 Å². The number of sulfonamides is 1. The highest BCUT2D eigenvalue weighted by Gasteiger charge is 2.23. The molecule has 0 spiro atoms. The molecule has 2 rings (SSSR count). The highest BCUT2D eigenvalue weighted by atomic mass is 35.5. The van der Waals surface area contributed by atoms with Crippen LogP contribution >= 0.6 is 11.6 Å². The van der Waals surface area contributed by atoms with E-state index in [4.69, 9.17) is 21.1 Å². The van der Waals surface area contributed by atoms with Crippen molar-refractivity contribution in [3.8, 4) is 5.75 Å². The van der Waals surface area contributed by atoms with Crippen molar-refractivity contribution in [3.05, 3.63) is 59.1 Å². The second-order valence-electron chi connectivity index (χ2n) is 5.63. The zero-order valence-corrected chi connectivity index (χ0v) is 16.0. The van der Waals surface area contributed by atoms with Crippen molar-refractivity contribution in [3.63, 3.8) is 0 Å². The van der Waals surface area contributed by atoms with Gasteiger partial charge >= 0.3 is 5.97 Å². The van der Waals surface area contributed by atoms with Crippen LogP contribution in [0.3, 0.4) is 0 Å². The fourth-order valence-electron chi connectivity index (χ4n) is 2.02. The van der Waals surface area contributed by atoms with E-state index in [1.165, 1.54) is 31.2 Å². The molecule has 0 aliphatic rings. The number of carbonyl (C=O) groups is 1. The van der Waals surface area contributed by atoms with Crippen LogP contribution in [0.2, 0.25) is 5.02 Å². The maximum absolute atomic E-state index is 12.2. The van der Waals surface area contributed by atoms with E-state index in [9.17, 15) is 13.2 Å². The van der Waals surface area contributed by atoms with Gasteiger partial charge in [0.1, 0.15) is 25.0 Å². The Morgan fingerprint density at radius 1 is 1.08 bits per heavy atom. The molecule has 0 unspecified atom stereocenters. The fraction of sp³-hybridized carbons (Fsp3) is 0.278. The molecule has 1 atom stereocenters. The molecule has 0 amide bonds. The molecule has 2 aromatic rings. The monoisotopic (exact) mass is 397 g/mol. The van der Waals surface area contributed by atoms with Gasteiger partial charge in [-0.15, -0.1) is 0 Å². The van der Waals surface area contributed by atoms with E-state index >= 15 is 0 Å². The molecule has 26 heavy (non-hydrogen) atoms. The molecular weight excluding hydrogens is 378 g/mol. The normalized spacial score (nSPS) is 12.4. The molecule has 0 bridgehead atoms. The Bertz CT molecular complexity index is 835. The Hall–Kier alpha value is -2.09. The standard InChI is InChI=1S/C18H20ClNO5S/c1-13-3-7-16(8-4-13)24-11-12-25-18(21)14(2)20-26(22,23)17-9-5-15(19)6-10-17/h3-10,14,20H,11-12H2,1-2H3/t14-/m0/s1. The summed E-state index contributed by atoms with van der Waals surface area (Å²) in [6.07, 6.45) is 0. The Kier molecular flexibility index (Phi) is 7.02. The highest BCUT2D eigenvalue weighted by molar-refractivity contribution is 7.89. The number of hydrogen-bond acceptors (Lipinski definition) is 5. The summed E-state index contributed by atoms with van der Waals surface area (Å²) in [4.78, 5) is 12.0. The molecule has 0 aliphatic heterocycles. The van der Waals surface area contributed by atoms with E-state index in [1.54, 1.807) is 0 Å². The molecule has 1 N–H and O–H groups in total. The van der Waals surface area contributed by atoms with Gasteiger partial charge in [-0.05, 0) is 50.2 Å². The van der Waals surface area contributed by atoms with Crippen LogP contribution in [0.4, 0.5) is 0 Å². The summed E-state index contributed by atoms with van der Waals surface area (Å²) in [5.74, 6) is -0.0156. The van der Waals surface area contributed by atoms with Gasteiger partial charge < -0.3 is 9.47 Å². The summed E-state index contributed by atoms with van der Waals surface area (Å²) in [7, 11) is -3.84. The first kappa shape index (κ1) is 20.2. The smallest absolute Gasteiger partial charge is 0.324 e. The van der Waals surface area contributed by atoms with Crippen molar-refractivity contribution >= 4 is 27.6 Å². The lowest BCUT2D eigenvalue weighted by molar-refractivity contribution is -0.145. The molecule has 0 fully saturated rings. The average Bonchev–Trinajstić information content (AvgIpc) is 2.60. The van der Waals surface area contributed by atoms with Crippen molar-refractivity contribution in [1.29, 1.82) is 0 Å². The molecular formula is C18H20ClNO5S. The summed E-state index contributed by atoms with van der Waals surface area (Å²) in [5, 5.41) is 0.421. The summed E-state index contributed by atoms with van der Waals surface area (Å²) >= 11 is 5.74. The molecule has 8 heteroatoms. The molecule has 0 aliphatic carbocycles. The SMILES string of the molecule is Cc1ccc(OCCOC(=O)[C@H](C)NS(=O)(=O)c2ccc(Cl)cc2)cc1. The van der Waals surface area contributed by atoms with Gasteiger partial charge in [0.15, 0.2) is 0 Å². The van der Waals surface area contributed by atoms with Crippen molar-refractivity contribution in [2.45, 2.75) is 24.8 Å². The van der Waals surface area contributed by atoms with Gasteiger partial charge in [-0.25, -0.2) is 8.42 Å². The molecule has 2 aromatic carbocycles. The van der Waals surface area contributed by atoms with Gasteiger partial charge in [0.25, 0.3) is 0 Å². The van der Waals surface area contributed by atoms with Crippen molar-refractivity contribution in [1.82, 2.24) is 4.72 Å². The Labute approximate surface area is 158 Å². The third-order valence-corrected chi connectivity index (χ3v) is 5.24. The second kappa shape index (κ2) is 9.02. The van der Waals surface area contributed by atoms with Gasteiger partial charge in [0.2, 0.25) is 10.0 Å². The van der Waals surface area contributed by atoms with Crippen LogP contribution in [0.25, 0.3) is 0 Å². The largest absolute Gasteiger partial charge is 0.490 e. The number of nitrogens with one attached hydrogen (secondary N) is 1. The predicted molar refractivity (Wildman–Crippen MR) is 98.9 cm³/mol. The van der Waals surface area contributed by atoms with Crippen LogP contribution in [0.5, 0.6) is 5.75 Å². The fourth-order valence-corrected chi connectivity index (χ4v) is 3.34. The molecule has 0 heterocycles. The minimum absolute atomic E-state index is 0.0136. The lowest BCUT2D eigenvalue weighted by Gasteiger charge is -2.14. The number of esters is 1. The highest BCUT2D eigenvalue weighted by Crippen LogP contribution is 2.14. The van der Waals surface area contributed by atoms with E-state index in [2.05, 4.69) is 4.72 Å². The van der Waals surface area contributed by atoms with E-state index < -0.39 is 22.0 Å². The van der Waals surface area contributed by atoms with Gasteiger partial charge in [-0.2, -0.15) is 4.72 Å². The lowest BCUT2D eigenvalue weighted by Crippen LogP contribution is -2.39. The summed E-state index contributed by atoms with van der Waals surface area (Å²) in [6.45, 7) is 3.57. The molecule has 0 saturated heterocycles. The minimum atomic E-state index is -3.84. The van der Waals surface area contributed by atoms with E-state index in [1.807, 2.05) is 31.2 Å². The van der Waals surface area contributed by atoms with Crippen molar-refractivity contribution in [2.24, 2.45) is 0 Å². The Balaban J connectivity index is 1.79. The third kappa shape index (κ3) is 6.01. The Morgan fingerprint density at radius 3 is 2.31 bits per heavy atom. The number of ether oxygens (including phenoxy) is 2. The molecule has 0 radical (unpaired) electrons. The first-order chi connectivity index (χ1) is 12.3. The van der Waals surface area contributed by atoms with Crippen LogP contribution < -0.4 is 9.46 Å². The number of rotatable bonds is 8. The van der Waals surface area contributed by atoms with Gasteiger partial charge in [-0.3, -0.25) is 4.79 Å². The first-order valence-electron chi connectivity index (χ1n) is 7.92. The van der Waals surface area contributed by atoms with Gasteiger partial charge in [0, 0.05) is 5.02 Å². The zero-order chi connectivity index (χ0) is 19.2. The van der Waals surface area contributed by atoms with E-state index in [0.29, 0.717) is 10.8 Å². The number of halogens is 1. The quantitative estimate of drug-likeness (QED) is 0.547. The Morgan fingerprint density at radius 2 is 1.69 bits per heavy atom. The average molecular weight is 398 g/mol. The number of carbonyl (C=O) groups excluding carboxylic acids is 1. The third-order valence-electron chi connectivity index (χ3n) is 3.43. The maximum atomic E-state index is 12.2. The summed E-state index contributed by atoms with van der Waals surface area (Å²) < 4.78 is 37.2. The topological polar surface area (TPSA) is 81.7 Å². The van der Waals surface area contributed by atoms with Crippen LogP contribution in [0, 0.1) is 6.92 Å².